The Balaban J connectivity index is 1.96. The standard InChI is InChI=1S/C12H22N2O2/c1-8(9-3-4-9)14(2)7-12(13,11(15)16)10-5-6-10/h8-10H,3-7,13H2,1-2H3,(H,15,16). The van der Waals surface area contributed by atoms with Crippen molar-refractivity contribution in [3.63, 3.8) is 0 Å². The monoisotopic (exact) mass is 226 g/mol. The van der Waals surface area contributed by atoms with E-state index < -0.39 is 11.5 Å². The van der Waals surface area contributed by atoms with Crippen molar-refractivity contribution in [3.8, 4) is 0 Å². The molecule has 2 atom stereocenters. The summed E-state index contributed by atoms with van der Waals surface area (Å²) < 4.78 is 0. The number of rotatable bonds is 6. The third-order valence-corrected chi connectivity index (χ3v) is 4.21. The van der Waals surface area contributed by atoms with Gasteiger partial charge in [-0.1, -0.05) is 0 Å². The van der Waals surface area contributed by atoms with Crippen molar-refractivity contribution in [2.75, 3.05) is 13.6 Å². The molecule has 2 saturated carbocycles. The van der Waals surface area contributed by atoms with Gasteiger partial charge in [0.25, 0.3) is 0 Å². The summed E-state index contributed by atoms with van der Waals surface area (Å²) in [5, 5.41) is 9.28. The van der Waals surface area contributed by atoms with Gasteiger partial charge in [0, 0.05) is 12.6 Å². The van der Waals surface area contributed by atoms with Crippen LogP contribution in [-0.4, -0.2) is 41.1 Å². The Labute approximate surface area is 96.8 Å². The van der Waals surface area contributed by atoms with Crippen LogP contribution < -0.4 is 5.73 Å². The number of hydrogen-bond acceptors (Lipinski definition) is 3. The predicted molar refractivity (Wildman–Crippen MR) is 62.1 cm³/mol. The average Bonchev–Trinajstić information content (AvgIpc) is 3.03. The first kappa shape index (κ1) is 11.9. The summed E-state index contributed by atoms with van der Waals surface area (Å²) in [6, 6.07) is 0.459. The van der Waals surface area contributed by atoms with Crippen LogP contribution in [0, 0.1) is 11.8 Å². The quantitative estimate of drug-likeness (QED) is 0.706. The van der Waals surface area contributed by atoms with E-state index in [0.29, 0.717) is 12.6 Å². The zero-order valence-corrected chi connectivity index (χ0v) is 10.1. The van der Waals surface area contributed by atoms with E-state index in [4.69, 9.17) is 5.73 Å². The van der Waals surface area contributed by atoms with Crippen molar-refractivity contribution in [1.29, 1.82) is 0 Å². The van der Waals surface area contributed by atoms with Crippen molar-refractivity contribution < 1.29 is 9.90 Å². The average molecular weight is 226 g/mol. The number of nitrogens with zero attached hydrogens (tertiary/aromatic N) is 1. The molecule has 0 aliphatic heterocycles. The molecule has 2 rings (SSSR count). The van der Waals surface area contributed by atoms with E-state index in [1.54, 1.807) is 0 Å². The molecule has 0 radical (unpaired) electrons. The molecule has 0 spiro atoms. The molecule has 2 unspecified atom stereocenters. The summed E-state index contributed by atoms with van der Waals surface area (Å²) >= 11 is 0. The van der Waals surface area contributed by atoms with Crippen molar-refractivity contribution in [3.05, 3.63) is 0 Å². The van der Waals surface area contributed by atoms with E-state index >= 15 is 0 Å². The van der Waals surface area contributed by atoms with Gasteiger partial charge in [-0.15, -0.1) is 0 Å². The molecule has 2 aliphatic carbocycles. The van der Waals surface area contributed by atoms with Crippen LogP contribution in [0.3, 0.4) is 0 Å². The lowest BCUT2D eigenvalue weighted by atomic mass is 9.93. The topological polar surface area (TPSA) is 66.6 Å². The second-order valence-electron chi connectivity index (χ2n) is 5.61. The van der Waals surface area contributed by atoms with E-state index in [2.05, 4.69) is 11.8 Å². The van der Waals surface area contributed by atoms with Gasteiger partial charge in [0.15, 0.2) is 0 Å². The number of aliphatic carboxylic acids is 1. The Bertz CT molecular complexity index is 287. The maximum atomic E-state index is 11.3. The molecule has 92 valence electrons. The molecule has 4 heteroatoms. The Kier molecular flexibility index (Phi) is 2.97. The lowest BCUT2D eigenvalue weighted by Crippen LogP contribution is -2.58. The lowest BCUT2D eigenvalue weighted by Gasteiger charge is -2.33. The van der Waals surface area contributed by atoms with Crippen LogP contribution in [-0.2, 0) is 4.79 Å². The van der Waals surface area contributed by atoms with Crippen LogP contribution in [0.15, 0.2) is 0 Å². The third-order valence-electron chi connectivity index (χ3n) is 4.21. The van der Waals surface area contributed by atoms with Crippen molar-refractivity contribution in [1.82, 2.24) is 4.90 Å². The molecule has 16 heavy (non-hydrogen) atoms. The molecule has 0 aromatic rings. The fraction of sp³-hybridized carbons (Fsp3) is 0.917. The van der Waals surface area contributed by atoms with Crippen LogP contribution in [0.2, 0.25) is 0 Å². The summed E-state index contributed by atoms with van der Waals surface area (Å²) in [4.78, 5) is 13.4. The molecule has 0 amide bonds. The summed E-state index contributed by atoms with van der Waals surface area (Å²) in [5.74, 6) is 0.0888. The van der Waals surface area contributed by atoms with E-state index in [1.165, 1.54) is 12.8 Å². The Morgan fingerprint density at radius 2 is 2.06 bits per heavy atom. The first-order valence-corrected chi connectivity index (χ1v) is 6.17. The highest BCUT2D eigenvalue weighted by Crippen LogP contribution is 2.40. The number of carboxylic acid groups (broad SMARTS) is 1. The normalized spacial score (nSPS) is 26.5. The molecule has 2 fully saturated rings. The zero-order chi connectivity index (χ0) is 11.9. The maximum absolute atomic E-state index is 11.3. The maximum Gasteiger partial charge on any atom is 0.325 e. The van der Waals surface area contributed by atoms with E-state index in [1.807, 2.05) is 7.05 Å². The lowest BCUT2D eigenvalue weighted by molar-refractivity contribution is -0.145. The van der Waals surface area contributed by atoms with Gasteiger partial charge in [0.05, 0.1) is 0 Å². The molecule has 0 aromatic heterocycles. The van der Waals surface area contributed by atoms with Crippen LogP contribution in [0.25, 0.3) is 0 Å². The molecule has 0 aromatic carbocycles. The smallest absolute Gasteiger partial charge is 0.325 e. The highest BCUT2D eigenvalue weighted by molar-refractivity contribution is 5.79. The minimum absolute atomic E-state index is 0.179. The van der Waals surface area contributed by atoms with Gasteiger partial charge >= 0.3 is 5.97 Å². The second-order valence-corrected chi connectivity index (χ2v) is 5.61. The summed E-state index contributed by atoms with van der Waals surface area (Å²) in [5.41, 5.74) is 5.03. The van der Waals surface area contributed by atoms with Crippen LogP contribution in [0.5, 0.6) is 0 Å². The van der Waals surface area contributed by atoms with Crippen LogP contribution in [0.4, 0.5) is 0 Å². The number of likely N-dealkylation sites (N-methyl/N-ethyl adjacent to an activating group) is 1. The third kappa shape index (κ3) is 2.23. The minimum Gasteiger partial charge on any atom is -0.480 e. The zero-order valence-electron chi connectivity index (χ0n) is 10.1. The molecule has 2 aliphatic rings. The van der Waals surface area contributed by atoms with E-state index in [-0.39, 0.29) is 5.92 Å². The van der Waals surface area contributed by atoms with Gasteiger partial charge in [-0.3, -0.25) is 4.79 Å². The second kappa shape index (κ2) is 4.00. The van der Waals surface area contributed by atoms with Crippen molar-refractivity contribution in [2.45, 2.75) is 44.2 Å². The molecule has 4 nitrogen and oxygen atoms in total. The molecule has 0 saturated heterocycles. The van der Waals surface area contributed by atoms with E-state index in [9.17, 15) is 9.90 Å². The Hall–Kier alpha value is -0.610. The summed E-state index contributed by atoms with van der Waals surface area (Å²) in [7, 11) is 2.00. The van der Waals surface area contributed by atoms with Crippen molar-refractivity contribution >= 4 is 5.97 Å². The fourth-order valence-electron chi connectivity index (χ4n) is 2.47. The van der Waals surface area contributed by atoms with Crippen molar-refractivity contribution in [2.24, 2.45) is 17.6 Å². The molecular weight excluding hydrogens is 204 g/mol. The van der Waals surface area contributed by atoms with Gasteiger partial charge in [0.2, 0.25) is 0 Å². The number of carbonyl (C=O) groups is 1. The number of carboxylic acids is 1. The molecular formula is C12H22N2O2. The minimum atomic E-state index is -1.03. The molecule has 0 heterocycles. The molecule has 3 N–H and O–H groups in total. The van der Waals surface area contributed by atoms with Gasteiger partial charge in [0.1, 0.15) is 5.54 Å². The van der Waals surface area contributed by atoms with Gasteiger partial charge in [-0.25, -0.2) is 0 Å². The highest BCUT2D eigenvalue weighted by atomic mass is 16.4. The van der Waals surface area contributed by atoms with Crippen LogP contribution in [0.1, 0.15) is 32.6 Å². The first-order valence-electron chi connectivity index (χ1n) is 6.17. The van der Waals surface area contributed by atoms with Gasteiger partial charge in [-0.05, 0) is 51.5 Å². The predicted octanol–water partition coefficient (Wildman–Crippen LogP) is 0.909. The van der Waals surface area contributed by atoms with E-state index in [0.717, 1.165) is 18.8 Å². The number of nitrogens with two attached hydrogens (primary N) is 1. The van der Waals surface area contributed by atoms with Gasteiger partial charge < -0.3 is 15.7 Å². The largest absolute Gasteiger partial charge is 0.480 e. The van der Waals surface area contributed by atoms with Crippen LogP contribution >= 0.6 is 0 Å². The Morgan fingerprint density at radius 3 is 2.44 bits per heavy atom. The highest BCUT2D eigenvalue weighted by Gasteiger charge is 2.49. The number of hydrogen-bond donors (Lipinski definition) is 2. The first-order chi connectivity index (χ1) is 7.45. The Morgan fingerprint density at radius 1 is 1.50 bits per heavy atom. The summed E-state index contributed by atoms with van der Waals surface area (Å²) in [6.07, 6.45) is 4.49. The summed E-state index contributed by atoms with van der Waals surface area (Å²) in [6.45, 7) is 2.65. The van der Waals surface area contributed by atoms with Gasteiger partial charge in [-0.2, -0.15) is 0 Å². The SMILES string of the molecule is CC(C1CC1)N(C)CC(N)(C(=O)O)C1CC1. The molecule has 0 bridgehead atoms. The fourth-order valence-corrected chi connectivity index (χ4v) is 2.47.